The van der Waals surface area contributed by atoms with Gasteiger partial charge in [0.1, 0.15) is 11.6 Å². The summed E-state index contributed by atoms with van der Waals surface area (Å²) in [6.45, 7) is 6.25. The van der Waals surface area contributed by atoms with Crippen LogP contribution in [0.3, 0.4) is 0 Å². The molecule has 1 heterocycles. The van der Waals surface area contributed by atoms with Crippen LogP contribution in [0.5, 0.6) is 0 Å². The van der Waals surface area contributed by atoms with Crippen molar-refractivity contribution in [1.29, 1.82) is 0 Å². The van der Waals surface area contributed by atoms with Gasteiger partial charge in [-0.15, -0.1) is 0 Å². The largest absolute Gasteiger partial charge is 0.356 e. The van der Waals surface area contributed by atoms with Crippen LogP contribution in [0.2, 0.25) is 0 Å². The summed E-state index contributed by atoms with van der Waals surface area (Å²) in [4.78, 5) is 8.86. The number of nitrogens with one attached hydrogen (secondary N) is 2. The lowest BCUT2D eigenvalue weighted by atomic mass is 10.1. The molecule has 2 N–H and O–H groups in total. The minimum atomic E-state index is -0.191. The first-order valence-corrected chi connectivity index (χ1v) is 9.20. The summed E-state index contributed by atoms with van der Waals surface area (Å²) in [5.41, 5.74) is 4.28. The second-order valence-electron chi connectivity index (χ2n) is 6.55. The van der Waals surface area contributed by atoms with Gasteiger partial charge in [-0.25, -0.2) is 9.37 Å². The molecule has 0 atom stereocenters. The maximum Gasteiger partial charge on any atom is 0.191 e. The highest BCUT2D eigenvalue weighted by Crippen LogP contribution is 2.14. The van der Waals surface area contributed by atoms with Crippen molar-refractivity contribution in [2.75, 3.05) is 20.1 Å². The fourth-order valence-corrected chi connectivity index (χ4v) is 3.24. The van der Waals surface area contributed by atoms with Crippen LogP contribution in [0.15, 0.2) is 47.5 Å². The zero-order valence-corrected chi connectivity index (χ0v) is 16.1. The van der Waals surface area contributed by atoms with Crippen molar-refractivity contribution in [3.05, 3.63) is 65.2 Å². The maximum atomic E-state index is 13.2. The van der Waals surface area contributed by atoms with Crippen molar-refractivity contribution in [3.63, 3.8) is 0 Å². The van der Waals surface area contributed by atoms with Gasteiger partial charge in [0, 0.05) is 26.7 Å². The topological polar surface area (TPSA) is 54.2 Å². The number of imidazole rings is 1. The first-order valence-electron chi connectivity index (χ1n) is 9.20. The van der Waals surface area contributed by atoms with Crippen LogP contribution in [-0.2, 0) is 13.0 Å². The molecule has 142 valence electrons. The van der Waals surface area contributed by atoms with Gasteiger partial charge in [0.15, 0.2) is 5.96 Å². The lowest BCUT2D eigenvalue weighted by molar-refractivity contribution is 0.625. The van der Waals surface area contributed by atoms with Crippen LogP contribution in [0.1, 0.15) is 17.0 Å². The molecule has 0 saturated carbocycles. The van der Waals surface area contributed by atoms with Crippen LogP contribution in [0.25, 0.3) is 11.0 Å². The minimum Gasteiger partial charge on any atom is -0.356 e. The van der Waals surface area contributed by atoms with Gasteiger partial charge in [-0.1, -0.05) is 18.2 Å². The number of nitrogens with zero attached hydrogens (tertiary/aromatic N) is 3. The van der Waals surface area contributed by atoms with E-state index in [0.29, 0.717) is 0 Å². The van der Waals surface area contributed by atoms with Crippen LogP contribution in [0.4, 0.5) is 4.39 Å². The number of fused-ring (bicyclic) bond motifs is 1. The van der Waals surface area contributed by atoms with Crippen LogP contribution < -0.4 is 10.6 Å². The Bertz CT molecular complexity index is 945. The fourth-order valence-electron chi connectivity index (χ4n) is 3.24. The number of para-hydroxylation sites is 2. The molecule has 3 aromatic rings. The number of halogens is 1. The second kappa shape index (κ2) is 8.66. The number of guanidine groups is 1. The molecule has 0 unspecified atom stereocenters. The van der Waals surface area contributed by atoms with E-state index < -0.39 is 0 Å². The molecule has 0 radical (unpaired) electrons. The van der Waals surface area contributed by atoms with Gasteiger partial charge in [0.05, 0.1) is 11.0 Å². The van der Waals surface area contributed by atoms with Crippen molar-refractivity contribution >= 4 is 17.0 Å². The van der Waals surface area contributed by atoms with E-state index in [0.717, 1.165) is 60.0 Å². The van der Waals surface area contributed by atoms with Gasteiger partial charge in [-0.2, -0.15) is 0 Å². The molecule has 2 aromatic carbocycles. The highest BCUT2D eigenvalue weighted by Gasteiger charge is 2.06. The van der Waals surface area contributed by atoms with E-state index in [1.807, 2.05) is 38.1 Å². The first-order chi connectivity index (χ1) is 13.1. The molecular formula is C21H26FN5. The SMILES string of the molecule is CN=C(NCCc1ccc(F)cc1C)NCCn1c(C)nc2ccccc21. The van der Waals surface area contributed by atoms with Gasteiger partial charge in [0.2, 0.25) is 0 Å². The fraction of sp³-hybridized carbons (Fsp3) is 0.333. The normalized spacial score (nSPS) is 11.8. The number of benzene rings is 2. The molecule has 0 aliphatic rings. The highest BCUT2D eigenvalue weighted by molar-refractivity contribution is 5.79. The van der Waals surface area contributed by atoms with Gasteiger partial charge >= 0.3 is 0 Å². The lowest BCUT2D eigenvalue weighted by Gasteiger charge is -2.14. The minimum absolute atomic E-state index is 0.191. The summed E-state index contributed by atoms with van der Waals surface area (Å²) in [6.07, 6.45) is 0.818. The number of aliphatic imine (C=N–C) groups is 1. The van der Waals surface area contributed by atoms with Gasteiger partial charge in [-0.05, 0) is 55.7 Å². The Morgan fingerprint density at radius 2 is 1.89 bits per heavy atom. The molecule has 6 heteroatoms. The molecule has 0 bridgehead atoms. The van der Waals surface area contributed by atoms with E-state index in [2.05, 4.69) is 31.2 Å². The number of hydrogen-bond donors (Lipinski definition) is 2. The van der Waals surface area contributed by atoms with Gasteiger partial charge in [-0.3, -0.25) is 4.99 Å². The molecule has 0 fully saturated rings. The Morgan fingerprint density at radius 3 is 2.67 bits per heavy atom. The van der Waals surface area contributed by atoms with E-state index >= 15 is 0 Å². The van der Waals surface area contributed by atoms with Crippen molar-refractivity contribution < 1.29 is 4.39 Å². The standard InChI is InChI=1S/C21H26FN5/c1-15-14-18(22)9-8-17(15)10-11-24-21(23-3)25-12-13-27-16(2)26-19-6-4-5-7-20(19)27/h4-9,14H,10-13H2,1-3H3,(H2,23,24,25). The number of aromatic nitrogens is 2. The quantitative estimate of drug-likeness (QED) is 0.520. The van der Waals surface area contributed by atoms with E-state index in [9.17, 15) is 4.39 Å². The average molecular weight is 367 g/mol. The molecule has 3 rings (SSSR count). The van der Waals surface area contributed by atoms with E-state index in [4.69, 9.17) is 0 Å². The second-order valence-corrected chi connectivity index (χ2v) is 6.55. The molecule has 0 spiro atoms. The summed E-state index contributed by atoms with van der Waals surface area (Å²) < 4.78 is 15.4. The smallest absolute Gasteiger partial charge is 0.191 e. The summed E-state index contributed by atoms with van der Waals surface area (Å²) in [6, 6.07) is 13.1. The van der Waals surface area contributed by atoms with E-state index in [-0.39, 0.29) is 5.82 Å². The van der Waals surface area contributed by atoms with Crippen molar-refractivity contribution in [2.24, 2.45) is 4.99 Å². The molecule has 1 aromatic heterocycles. The summed E-state index contributed by atoms with van der Waals surface area (Å²) in [5.74, 6) is 1.58. The number of aryl methyl sites for hydroxylation is 2. The Labute approximate surface area is 159 Å². The zero-order valence-electron chi connectivity index (χ0n) is 16.1. The molecular weight excluding hydrogens is 341 g/mol. The van der Waals surface area contributed by atoms with Gasteiger partial charge < -0.3 is 15.2 Å². The Hall–Kier alpha value is -2.89. The van der Waals surface area contributed by atoms with Crippen LogP contribution in [0, 0.1) is 19.7 Å². The monoisotopic (exact) mass is 367 g/mol. The maximum absolute atomic E-state index is 13.2. The van der Waals surface area contributed by atoms with Crippen molar-refractivity contribution in [3.8, 4) is 0 Å². The van der Waals surface area contributed by atoms with E-state index in [1.165, 1.54) is 6.07 Å². The molecule has 0 aliphatic heterocycles. The predicted octanol–water partition coefficient (Wildman–Crippen LogP) is 3.20. The summed E-state index contributed by atoms with van der Waals surface area (Å²) >= 11 is 0. The zero-order chi connectivity index (χ0) is 19.2. The van der Waals surface area contributed by atoms with E-state index in [1.54, 1.807) is 13.1 Å². The number of hydrogen-bond acceptors (Lipinski definition) is 2. The van der Waals surface area contributed by atoms with Crippen molar-refractivity contribution in [1.82, 2.24) is 20.2 Å². The lowest BCUT2D eigenvalue weighted by Crippen LogP contribution is -2.39. The predicted molar refractivity (Wildman–Crippen MR) is 109 cm³/mol. The Morgan fingerprint density at radius 1 is 1.11 bits per heavy atom. The average Bonchev–Trinajstić information content (AvgIpc) is 2.97. The van der Waals surface area contributed by atoms with Gasteiger partial charge in [0.25, 0.3) is 0 Å². The molecule has 0 saturated heterocycles. The molecule has 5 nitrogen and oxygen atoms in total. The third-order valence-electron chi connectivity index (χ3n) is 4.69. The molecule has 27 heavy (non-hydrogen) atoms. The third-order valence-corrected chi connectivity index (χ3v) is 4.69. The highest BCUT2D eigenvalue weighted by atomic mass is 19.1. The Balaban J connectivity index is 1.50. The van der Waals surface area contributed by atoms with Crippen LogP contribution in [-0.4, -0.2) is 35.6 Å². The summed E-state index contributed by atoms with van der Waals surface area (Å²) in [5, 5.41) is 6.65. The molecule has 0 amide bonds. The van der Waals surface area contributed by atoms with Crippen LogP contribution >= 0.6 is 0 Å². The van der Waals surface area contributed by atoms with Crippen molar-refractivity contribution in [2.45, 2.75) is 26.8 Å². The first kappa shape index (κ1) is 18.9. The summed E-state index contributed by atoms with van der Waals surface area (Å²) in [7, 11) is 1.76. The number of rotatable bonds is 6. The molecule has 0 aliphatic carbocycles. The third kappa shape index (κ3) is 4.64. The Kier molecular flexibility index (Phi) is 6.06.